The van der Waals surface area contributed by atoms with Crippen LogP contribution in [0.5, 0.6) is 0 Å². The highest BCUT2D eigenvalue weighted by molar-refractivity contribution is 7.98. The summed E-state index contributed by atoms with van der Waals surface area (Å²) in [6.45, 7) is 0. The molecule has 0 fully saturated rings. The van der Waals surface area contributed by atoms with E-state index in [9.17, 15) is 4.79 Å². The van der Waals surface area contributed by atoms with Gasteiger partial charge in [-0.1, -0.05) is 12.1 Å². The average Bonchev–Trinajstić information content (AvgIpc) is 2.39. The van der Waals surface area contributed by atoms with E-state index in [1.807, 2.05) is 30.5 Å². The van der Waals surface area contributed by atoms with Gasteiger partial charge in [0.15, 0.2) is 5.69 Å². The Labute approximate surface area is 109 Å². The van der Waals surface area contributed by atoms with Gasteiger partial charge in [0.25, 0.3) is 0 Å². The van der Waals surface area contributed by atoms with Gasteiger partial charge in [-0.3, -0.25) is 0 Å². The Bertz CT molecular complexity index is 572. The molecule has 92 valence electrons. The first-order valence-corrected chi connectivity index (χ1v) is 6.53. The van der Waals surface area contributed by atoms with E-state index in [1.165, 1.54) is 6.07 Å². The van der Waals surface area contributed by atoms with Crippen LogP contribution in [0.4, 0.5) is 11.5 Å². The molecule has 0 bridgehead atoms. The van der Waals surface area contributed by atoms with Crippen LogP contribution in [0.3, 0.4) is 0 Å². The Hall–Kier alpha value is -2.01. The van der Waals surface area contributed by atoms with Crippen LogP contribution in [0, 0.1) is 0 Å². The van der Waals surface area contributed by atoms with Crippen LogP contribution in [0.25, 0.3) is 0 Å². The molecule has 0 radical (unpaired) electrons. The molecular formula is C13H12N2O2S. The van der Waals surface area contributed by atoms with Crippen molar-refractivity contribution >= 4 is 29.2 Å². The summed E-state index contributed by atoms with van der Waals surface area (Å²) in [5.41, 5.74) is 0.915. The zero-order valence-electron chi connectivity index (χ0n) is 9.75. The number of hydrogen-bond acceptors (Lipinski definition) is 4. The summed E-state index contributed by atoms with van der Waals surface area (Å²) >= 11 is 1.65. The van der Waals surface area contributed by atoms with Crippen LogP contribution in [0.1, 0.15) is 10.5 Å². The second kappa shape index (κ2) is 5.55. The lowest BCUT2D eigenvalue weighted by Gasteiger charge is -2.07. The molecule has 4 nitrogen and oxygen atoms in total. The lowest BCUT2D eigenvalue weighted by molar-refractivity contribution is 0.0690. The van der Waals surface area contributed by atoms with E-state index in [0.29, 0.717) is 5.82 Å². The molecule has 0 aliphatic rings. The molecule has 1 aromatic carbocycles. The van der Waals surface area contributed by atoms with Crippen molar-refractivity contribution in [1.82, 2.24) is 4.98 Å². The van der Waals surface area contributed by atoms with Gasteiger partial charge in [0.2, 0.25) is 0 Å². The molecule has 0 saturated carbocycles. The van der Waals surface area contributed by atoms with Gasteiger partial charge < -0.3 is 10.4 Å². The predicted molar refractivity (Wildman–Crippen MR) is 72.7 cm³/mol. The normalized spacial score (nSPS) is 10.1. The van der Waals surface area contributed by atoms with Crippen molar-refractivity contribution in [1.29, 1.82) is 0 Å². The fourth-order valence-corrected chi connectivity index (χ4v) is 1.93. The lowest BCUT2D eigenvalue weighted by atomic mass is 10.3. The molecule has 0 aliphatic heterocycles. The first-order chi connectivity index (χ1) is 8.69. The molecule has 0 unspecified atom stereocenters. The molecule has 1 heterocycles. The third-order valence-corrected chi connectivity index (χ3v) is 3.04. The van der Waals surface area contributed by atoms with Gasteiger partial charge in [-0.25, -0.2) is 9.78 Å². The number of carboxylic acid groups (broad SMARTS) is 1. The largest absolute Gasteiger partial charge is 0.477 e. The summed E-state index contributed by atoms with van der Waals surface area (Å²) in [5.74, 6) is -0.510. The first kappa shape index (κ1) is 12.4. The average molecular weight is 260 g/mol. The molecule has 0 aliphatic carbocycles. The minimum Gasteiger partial charge on any atom is -0.477 e. The number of pyridine rings is 1. The number of nitrogens with zero attached hydrogens (tertiary/aromatic N) is 1. The quantitative estimate of drug-likeness (QED) is 0.826. The Kier molecular flexibility index (Phi) is 3.84. The SMILES string of the molecule is CSc1cccc(Nc2cccc(C(=O)O)n2)c1. The van der Waals surface area contributed by atoms with Crippen LogP contribution in [-0.2, 0) is 0 Å². The Morgan fingerprint density at radius 1 is 1.28 bits per heavy atom. The topological polar surface area (TPSA) is 62.2 Å². The van der Waals surface area contributed by atoms with E-state index in [-0.39, 0.29) is 5.69 Å². The summed E-state index contributed by atoms with van der Waals surface area (Å²) < 4.78 is 0. The summed E-state index contributed by atoms with van der Waals surface area (Å²) in [5, 5.41) is 12.0. The second-order valence-corrected chi connectivity index (χ2v) is 4.45. The summed E-state index contributed by atoms with van der Waals surface area (Å²) in [6, 6.07) is 12.7. The molecule has 18 heavy (non-hydrogen) atoms. The van der Waals surface area contributed by atoms with Gasteiger partial charge in [-0.15, -0.1) is 11.8 Å². The van der Waals surface area contributed by atoms with Gasteiger partial charge in [-0.2, -0.15) is 0 Å². The molecule has 1 aromatic heterocycles. The molecule has 5 heteroatoms. The third-order valence-electron chi connectivity index (χ3n) is 2.31. The number of anilines is 2. The molecule has 0 atom stereocenters. The Balaban J connectivity index is 2.22. The fraction of sp³-hybridized carbons (Fsp3) is 0.0769. The number of aromatic nitrogens is 1. The number of benzene rings is 1. The van der Waals surface area contributed by atoms with E-state index in [0.717, 1.165) is 10.6 Å². The van der Waals surface area contributed by atoms with Crippen molar-refractivity contribution < 1.29 is 9.90 Å². The standard InChI is InChI=1S/C13H12N2O2S/c1-18-10-5-2-4-9(8-10)14-12-7-3-6-11(15-12)13(16)17/h2-8H,1H3,(H,14,15)(H,16,17). The molecule has 0 spiro atoms. The maximum Gasteiger partial charge on any atom is 0.354 e. The Morgan fingerprint density at radius 2 is 2.06 bits per heavy atom. The van der Waals surface area contributed by atoms with Gasteiger partial charge in [0.05, 0.1) is 0 Å². The van der Waals surface area contributed by atoms with Crippen molar-refractivity contribution in [3.63, 3.8) is 0 Å². The molecular weight excluding hydrogens is 248 g/mol. The molecule has 2 rings (SSSR count). The smallest absolute Gasteiger partial charge is 0.354 e. The predicted octanol–water partition coefficient (Wildman–Crippen LogP) is 3.25. The number of rotatable bonds is 4. The maximum atomic E-state index is 10.8. The third kappa shape index (κ3) is 3.01. The number of hydrogen-bond donors (Lipinski definition) is 2. The Morgan fingerprint density at radius 3 is 2.78 bits per heavy atom. The molecule has 2 aromatic rings. The van der Waals surface area contributed by atoms with E-state index >= 15 is 0 Å². The molecule has 2 N–H and O–H groups in total. The summed E-state index contributed by atoms with van der Waals surface area (Å²) in [7, 11) is 0. The number of thioether (sulfide) groups is 1. The van der Waals surface area contributed by atoms with Crippen LogP contribution in [-0.4, -0.2) is 22.3 Å². The van der Waals surface area contributed by atoms with Gasteiger partial charge in [-0.05, 0) is 36.6 Å². The molecule has 0 saturated heterocycles. The van der Waals surface area contributed by atoms with Crippen molar-refractivity contribution in [3.8, 4) is 0 Å². The van der Waals surface area contributed by atoms with E-state index < -0.39 is 5.97 Å². The highest BCUT2D eigenvalue weighted by Gasteiger charge is 2.05. The highest BCUT2D eigenvalue weighted by atomic mass is 32.2. The maximum absolute atomic E-state index is 10.8. The summed E-state index contributed by atoms with van der Waals surface area (Å²) in [4.78, 5) is 16.0. The van der Waals surface area contributed by atoms with Crippen LogP contribution < -0.4 is 5.32 Å². The van der Waals surface area contributed by atoms with E-state index in [2.05, 4.69) is 10.3 Å². The highest BCUT2D eigenvalue weighted by Crippen LogP contribution is 2.21. The van der Waals surface area contributed by atoms with Crippen LogP contribution in [0.15, 0.2) is 47.4 Å². The van der Waals surface area contributed by atoms with Crippen molar-refractivity contribution in [2.24, 2.45) is 0 Å². The van der Waals surface area contributed by atoms with E-state index in [4.69, 9.17) is 5.11 Å². The lowest BCUT2D eigenvalue weighted by Crippen LogP contribution is -2.02. The minimum atomic E-state index is -1.03. The molecule has 0 amide bonds. The van der Waals surface area contributed by atoms with Crippen LogP contribution >= 0.6 is 11.8 Å². The fourth-order valence-electron chi connectivity index (χ4n) is 1.47. The number of carbonyl (C=O) groups is 1. The van der Waals surface area contributed by atoms with Gasteiger partial charge in [0, 0.05) is 10.6 Å². The van der Waals surface area contributed by atoms with Crippen molar-refractivity contribution in [2.75, 3.05) is 11.6 Å². The van der Waals surface area contributed by atoms with Gasteiger partial charge in [0.1, 0.15) is 5.82 Å². The van der Waals surface area contributed by atoms with Gasteiger partial charge >= 0.3 is 5.97 Å². The first-order valence-electron chi connectivity index (χ1n) is 5.30. The second-order valence-electron chi connectivity index (χ2n) is 3.57. The van der Waals surface area contributed by atoms with Crippen molar-refractivity contribution in [3.05, 3.63) is 48.2 Å². The zero-order valence-corrected chi connectivity index (χ0v) is 10.6. The minimum absolute atomic E-state index is 0.0287. The number of carboxylic acids is 1. The number of aromatic carboxylic acids is 1. The zero-order chi connectivity index (χ0) is 13.0. The summed E-state index contributed by atoms with van der Waals surface area (Å²) in [6.07, 6.45) is 2.00. The van der Waals surface area contributed by atoms with E-state index in [1.54, 1.807) is 23.9 Å². The van der Waals surface area contributed by atoms with Crippen LogP contribution in [0.2, 0.25) is 0 Å². The monoisotopic (exact) mass is 260 g/mol. The number of nitrogens with one attached hydrogen (secondary N) is 1. The van der Waals surface area contributed by atoms with Crippen molar-refractivity contribution in [2.45, 2.75) is 4.90 Å².